The maximum atomic E-state index is 12.3. The van der Waals surface area contributed by atoms with Gasteiger partial charge in [0.05, 0.1) is 18.4 Å². The van der Waals surface area contributed by atoms with Crippen LogP contribution in [0, 0.1) is 0 Å². The number of hydrogen-bond acceptors (Lipinski definition) is 5. The molecule has 1 aromatic carbocycles. The molecule has 1 aliphatic heterocycles. The Bertz CT molecular complexity index is 622. The Morgan fingerprint density at radius 3 is 2.86 bits per heavy atom. The molecule has 0 aliphatic carbocycles. The molecule has 1 heterocycles. The van der Waals surface area contributed by atoms with Gasteiger partial charge in [0.25, 0.3) is 0 Å². The summed E-state index contributed by atoms with van der Waals surface area (Å²) in [5, 5.41) is 3.14. The summed E-state index contributed by atoms with van der Waals surface area (Å²) in [6.45, 7) is 3.31. The van der Waals surface area contributed by atoms with Gasteiger partial charge in [-0.15, -0.1) is 0 Å². The molecule has 1 fully saturated rings. The highest BCUT2D eigenvalue weighted by Gasteiger charge is 2.32. The number of sulfonamides is 1. The number of hydrogen-bond donors (Lipinski definition) is 2. The van der Waals surface area contributed by atoms with E-state index in [-0.39, 0.29) is 5.75 Å². The first-order valence-electron chi connectivity index (χ1n) is 6.73. The van der Waals surface area contributed by atoms with Gasteiger partial charge in [-0.3, -0.25) is 0 Å². The molecule has 7 heteroatoms. The third kappa shape index (κ3) is 4.26. The Hall–Kier alpha value is -1.44. The first kappa shape index (κ1) is 15.9. The lowest BCUT2D eigenvalue weighted by molar-refractivity contribution is 0.0600. The molecule has 1 saturated heterocycles. The van der Waals surface area contributed by atoms with Crippen molar-refractivity contribution >= 4 is 16.0 Å². The molecular weight excluding hydrogens is 292 g/mol. The topological polar surface area (TPSA) is 84.5 Å². The minimum absolute atomic E-state index is 0.159. The number of benzene rings is 1. The number of esters is 1. The molecule has 0 radical (unpaired) electrons. The second-order valence-corrected chi connectivity index (χ2v) is 7.26. The predicted molar refractivity (Wildman–Crippen MR) is 79.4 cm³/mol. The van der Waals surface area contributed by atoms with E-state index in [9.17, 15) is 13.2 Å². The normalized spacial score (nSPS) is 22.2. The van der Waals surface area contributed by atoms with Gasteiger partial charge in [0.1, 0.15) is 0 Å². The smallest absolute Gasteiger partial charge is 0.337 e. The maximum Gasteiger partial charge on any atom is 0.337 e. The van der Waals surface area contributed by atoms with Crippen molar-refractivity contribution in [3.05, 3.63) is 35.4 Å². The number of rotatable bonds is 5. The van der Waals surface area contributed by atoms with E-state index in [0.717, 1.165) is 13.0 Å². The van der Waals surface area contributed by atoms with Gasteiger partial charge in [-0.1, -0.05) is 12.1 Å². The van der Waals surface area contributed by atoms with E-state index in [1.165, 1.54) is 7.11 Å². The maximum absolute atomic E-state index is 12.3. The Morgan fingerprint density at radius 2 is 2.24 bits per heavy atom. The molecule has 6 nitrogen and oxygen atoms in total. The standard InChI is InChI=1S/C14H20N2O4S/c1-14(6-7-15-10-14)16-21(18,19)9-11-4-3-5-12(8-11)13(17)20-2/h3-5,8,15-16H,6-7,9-10H2,1-2H3. The molecule has 1 atom stereocenters. The Balaban J connectivity index is 2.11. The minimum Gasteiger partial charge on any atom is -0.465 e. The van der Waals surface area contributed by atoms with Crippen molar-refractivity contribution < 1.29 is 17.9 Å². The molecule has 2 rings (SSSR count). The fourth-order valence-corrected chi connectivity index (χ4v) is 4.06. The molecule has 1 unspecified atom stereocenters. The fourth-order valence-electron chi connectivity index (χ4n) is 2.44. The lowest BCUT2D eigenvalue weighted by Gasteiger charge is -2.24. The lowest BCUT2D eigenvalue weighted by Crippen LogP contribution is -2.47. The van der Waals surface area contributed by atoms with Crippen LogP contribution in [0.2, 0.25) is 0 Å². The van der Waals surface area contributed by atoms with Gasteiger partial charge in [0.2, 0.25) is 10.0 Å². The van der Waals surface area contributed by atoms with Crippen molar-refractivity contribution in [3.8, 4) is 0 Å². The van der Waals surface area contributed by atoms with Gasteiger partial charge in [-0.25, -0.2) is 17.9 Å². The lowest BCUT2D eigenvalue weighted by atomic mass is 10.0. The van der Waals surface area contributed by atoms with Crippen molar-refractivity contribution in [2.75, 3.05) is 20.2 Å². The van der Waals surface area contributed by atoms with Crippen molar-refractivity contribution in [1.82, 2.24) is 10.0 Å². The van der Waals surface area contributed by atoms with Crippen LogP contribution < -0.4 is 10.0 Å². The number of nitrogens with one attached hydrogen (secondary N) is 2. The van der Waals surface area contributed by atoms with E-state index in [4.69, 9.17) is 0 Å². The summed E-state index contributed by atoms with van der Waals surface area (Å²) in [7, 11) is -2.17. The first-order chi connectivity index (χ1) is 9.84. The monoisotopic (exact) mass is 312 g/mol. The SMILES string of the molecule is COC(=O)c1cccc(CS(=O)(=O)NC2(C)CCNC2)c1. The summed E-state index contributed by atoms with van der Waals surface area (Å²) >= 11 is 0. The average molecular weight is 312 g/mol. The zero-order valence-electron chi connectivity index (χ0n) is 12.2. The van der Waals surface area contributed by atoms with E-state index < -0.39 is 21.5 Å². The van der Waals surface area contributed by atoms with Gasteiger partial charge in [0, 0.05) is 12.1 Å². The van der Waals surface area contributed by atoms with Gasteiger partial charge < -0.3 is 10.1 Å². The number of carbonyl (C=O) groups excluding carboxylic acids is 1. The molecule has 0 amide bonds. The van der Waals surface area contributed by atoms with E-state index in [2.05, 4.69) is 14.8 Å². The van der Waals surface area contributed by atoms with Crippen LogP contribution in [0.4, 0.5) is 0 Å². The quantitative estimate of drug-likeness (QED) is 0.780. The molecule has 0 bridgehead atoms. The van der Waals surface area contributed by atoms with Gasteiger partial charge in [-0.2, -0.15) is 0 Å². The predicted octanol–water partition coefficient (Wildman–Crippen LogP) is 0.645. The van der Waals surface area contributed by atoms with Crippen LogP contribution in [-0.4, -0.2) is 40.1 Å². The van der Waals surface area contributed by atoms with Crippen molar-refractivity contribution in [2.24, 2.45) is 0 Å². The van der Waals surface area contributed by atoms with Crippen molar-refractivity contribution in [3.63, 3.8) is 0 Å². The van der Waals surface area contributed by atoms with Crippen LogP contribution in [0.15, 0.2) is 24.3 Å². The van der Waals surface area contributed by atoms with Crippen LogP contribution in [0.5, 0.6) is 0 Å². The molecule has 1 aromatic rings. The van der Waals surface area contributed by atoms with E-state index in [0.29, 0.717) is 17.7 Å². The summed E-state index contributed by atoms with van der Waals surface area (Å²) < 4.78 is 31.9. The highest BCUT2D eigenvalue weighted by molar-refractivity contribution is 7.88. The third-order valence-electron chi connectivity index (χ3n) is 3.48. The van der Waals surface area contributed by atoms with Gasteiger partial charge >= 0.3 is 5.97 Å². The highest BCUT2D eigenvalue weighted by atomic mass is 32.2. The Kier molecular flexibility index (Phi) is 4.65. The van der Waals surface area contributed by atoms with Crippen LogP contribution in [0.3, 0.4) is 0 Å². The molecule has 0 spiro atoms. The minimum atomic E-state index is -3.47. The zero-order chi connectivity index (χ0) is 15.5. The summed E-state index contributed by atoms with van der Waals surface area (Å²) in [5.41, 5.74) is 0.456. The molecule has 2 N–H and O–H groups in total. The summed E-state index contributed by atoms with van der Waals surface area (Å²) in [6, 6.07) is 6.47. The molecule has 1 aliphatic rings. The Labute approximate surface area is 124 Å². The Morgan fingerprint density at radius 1 is 1.48 bits per heavy atom. The molecular formula is C14H20N2O4S. The van der Waals surface area contributed by atoms with Gasteiger partial charge in [0.15, 0.2) is 0 Å². The number of ether oxygens (including phenoxy) is 1. The van der Waals surface area contributed by atoms with Crippen LogP contribution in [0.1, 0.15) is 29.3 Å². The summed E-state index contributed by atoms with van der Waals surface area (Å²) in [4.78, 5) is 11.5. The average Bonchev–Trinajstić information content (AvgIpc) is 2.82. The summed E-state index contributed by atoms with van der Waals surface area (Å²) in [5.74, 6) is -0.637. The van der Waals surface area contributed by atoms with E-state index in [1.807, 2.05) is 6.92 Å². The first-order valence-corrected chi connectivity index (χ1v) is 8.38. The molecule has 116 valence electrons. The van der Waals surface area contributed by atoms with E-state index >= 15 is 0 Å². The molecule has 21 heavy (non-hydrogen) atoms. The van der Waals surface area contributed by atoms with Crippen molar-refractivity contribution in [2.45, 2.75) is 24.6 Å². The second-order valence-electron chi connectivity index (χ2n) is 5.54. The third-order valence-corrected chi connectivity index (χ3v) is 4.99. The number of methoxy groups -OCH3 is 1. The highest BCUT2D eigenvalue weighted by Crippen LogP contribution is 2.17. The summed E-state index contributed by atoms with van der Waals surface area (Å²) in [6.07, 6.45) is 0.758. The van der Waals surface area contributed by atoms with Crippen LogP contribution >= 0.6 is 0 Å². The zero-order valence-corrected chi connectivity index (χ0v) is 13.0. The molecule has 0 saturated carbocycles. The van der Waals surface area contributed by atoms with Gasteiger partial charge in [-0.05, 0) is 37.6 Å². The largest absolute Gasteiger partial charge is 0.465 e. The fraction of sp³-hybridized carbons (Fsp3) is 0.500. The van der Waals surface area contributed by atoms with Crippen LogP contribution in [0.25, 0.3) is 0 Å². The van der Waals surface area contributed by atoms with Crippen molar-refractivity contribution in [1.29, 1.82) is 0 Å². The molecule has 0 aromatic heterocycles. The van der Waals surface area contributed by atoms with Crippen LogP contribution in [-0.2, 0) is 20.5 Å². The number of carbonyl (C=O) groups is 1. The van der Waals surface area contributed by atoms with E-state index in [1.54, 1.807) is 24.3 Å². The second kappa shape index (κ2) is 6.13.